The number of esters is 1. The standard InChI is InChI=1S/C12H20O3/c1-6-10(9(2)8-13)7-11(14)15-12(3,4)5/h8H,6-7H2,1-5H3/b10-9+. The van der Waals surface area contributed by atoms with Gasteiger partial charge in [0.25, 0.3) is 0 Å². The van der Waals surface area contributed by atoms with Gasteiger partial charge in [-0.3, -0.25) is 9.59 Å². The third kappa shape index (κ3) is 6.05. The number of hydrogen-bond donors (Lipinski definition) is 0. The first kappa shape index (κ1) is 13.9. The number of hydrogen-bond acceptors (Lipinski definition) is 3. The molecule has 15 heavy (non-hydrogen) atoms. The molecule has 3 nitrogen and oxygen atoms in total. The predicted molar refractivity (Wildman–Crippen MR) is 59.5 cm³/mol. The Kier molecular flexibility index (Phi) is 5.26. The van der Waals surface area contributed by atoms with E-state index < -0.39 is 5.60 Å². The van der Waals surface area contributed by atoms with E-state index in [4.69, 9.17) is 4.74 Å². The summed E-state index contributed by atoms with van der Waals surface area (Å²) in [6, 6.07) is 0. The van der Waals surface area contributed by atoms with Gasteiger partial charge < -0.3 is 4.74 Å². The number of carbonyl (C=O) groups is 2. The Morgan fingerprint density at radius 1 is 1.33 bits per heavy atom. The van der Waals surface area contributed by atoms with Crippen LogP contribution in [0.3, 0.4) is 0 Å². The summed E-state index contributed by atoms with van der Waals surface area (Å²) in [4.78, 5) is 22.0. The summed E-state index contributed by atoms with van der Waals surface area (Å²) < 4.78 is 5.18. The van der Waals surface area contributed by atoms with Crippen molar-refractivity contribution in [1.82, 2.24) is 0 Å². The molecule has 0 spiro atoms. The van der Waals surface area contributed by atoms with E-state index in [2.05, 4.69) is 0 Å². The molecule has 0 saturated heterocycles. The van der Waals surface area contributed by atoms with Gasteiger partial charge in [-0.2, -0.15) is 0 Å². The molecule has 0 radical (unpaired) electrons. The molecule has 0 aliphatic heterocycles. The van der Waals surface area contributed by atoms with Gasteiger partial charge in [0.2, 0.25) is 0 Å². The number of carbonyl (C=O) groups excluding carboxylic acids is 2. The van der Waals surface area contributed by atoms with Crippen LogP contribution in [0.25, 0.3) is 0 Å². The van der Waals surface area contributed by atoms with Gasteiger partial charge in [0, 0.05) is 0 Å². The molecule has 0 aromatic heterocycles. The van der Waals surface area contributed by atoms with Gasteiger partial charge in [-0.25, -0.2) is 0 Å². The Hall–Kier alpha value is -1.12. The topological polar surface area (TPSA) is 43.4 Å². The van der Waals surface area contributed by atoms with Crippen molar-refractivity contribution in [2.24, 2.45) is 0 Å². The van der Waals surface area contributed by atoms with Crippen LogP contribution in [-0.4, -0.2) is 17.9 Å². The highest BCUT2D eigenvalue weighted by molar-refractivity contribution is 5.79. The fourth-order valence-corrected chi connectivity index (χ4v) is 1.18. The minimum absolute atomic E-state index is 0.207. The van der Waals surface area contributed by atoms with Gasteiger partial charge in [0.05, 0.1) is 6.42 Å². The van der Waals surface area contributed by atoms with Crippen LogP contribution in [0.15, 0.2) is 11.1 Å². The number of aldehydes is 1. The first-order chi connectivity index (χ1) is 6.80. The predicted octanol–water partition coefficient (Wildman–Crippen LogP) is 2.64. The zero-order chi connectivity index (χ0) is 12.1. The normalized spacial score (nSPS) is 13.1. The lowest BCUT2D eigenvalue weighted by Crippen LogP contribution is -2.24. The van der Waals surface area contributed by atoms with Crippen molar-refractivity contribution in [3.63, 3.8) is 0 Å². The second-order valence-electron chi connectivity index (χ2n) is 4.52. The molecule has 0 N–H and O–H groups in total. The highest BCUT2D eigenvalue weighted by Crippen LogP contribution is 2.15. The van der Waals surface area contributed by atoms with E-state index in [1.54, 1.807) is 6.92 Å². The summed E-state index contributed by atoms with van der Waals surface area (Å²) >= 11 is 0. The monoisotopic (exact) mass is 212 g/mol. The molecular weight excluding hydrogens is 192 g/mol. The van der Waals surface area contributed by atoms with Crippen molar-refractivity contribution in [2.45, 2.75) is 53.1 Å². The van der Waals surface area contributed by atoms with Crippen molar-refractivity contribution in [3.8, 4) is 0 Å². The Bertz CT molecular complexity index is 269. The van der Waals surface area contributed by atoms with Crippen LogP contribution in [0, 0.1) is 0 Å². The lowest BCUT2D eigenvalue weighted by atomic mass is 10.0. The molecule has 3 heteroatoms. The molecule has 0 saturated carbocycles. The fourth-order valence-electron chi connectivity index (χ4n) is 1.18. The second-order valence-corrected chi connectivity index (χ2v) is 4.52. The van der Waals surface area contributed by atoms with E-state index in [-0.39, 0.29) is 12.4 Å². The average molecular weight is 212 g/mol. The zero-order valence-corrected chi connectivity index (χ0v) is 10.2. The SMILES string of the molecule is CC/C(CC(=O)OC(C)(C)C)=C(/C)C=O. The van der Waals surface area contributed by atoms with Crippen LogP contribution in [0.5, 0.6) is 0 Å². The summed E-state index contributed by atoms with van der Waals surface area (Å²) in [5.41, 5.74) is 1.01. The van der Waals surface area contributed by atoms with Gasteiger partial charge in [-0.1, -0.05) is 12.5 Å². The van der Waals surface area contributed by atoms with Gasteiger partial charge in [0.15, 0.2) is 0 Å². The van der Waals surface area contributed by atoms with Gasteiger partial charge >= 0.3 is 5.97 Å². The quantitative estimate of drug-likeness (QED) is 0.409. The molecule has 0 bridgehead atoms. The highest BCUT2D eigenvalue weighted by Gasteiger charge is 2.17. The first-order valence-electron chi connectivity index (χ1n) is 5.15. The van der Waals surface area contributed by atoms with Crippen LogP contribution in [0.4, 0.5) is 0 Å². The average Bonchev–Trinajstić information content (AvgIpc) is 2.10. The largest absolute Gasteiger partial charge is 0.460 e. The highest BCUT2D eigenvalue weighted by atomic mass is 16.6. The van der Waals surface area contributed by atoms with Crippen LogP contribution in [0.2, 0.25) is 0 Å². The zero-order valence-electron chi connectivity index (χ0n) is 10.2. The molecule has 0 heterocycles. The molecule has 0 atom stereocenters. The lowest BCUT2D eigenvalue weighted by Gasteiger charge is -2.20. The molecule has 86 valence electrons. The summed E-state index contributed by atoms with van der Waals surface area (Å²) in [6.07, 6.45) is 1.69. The van der Waals surface area contributed by atoms with E-state index in [0.717, 1.165) is 11.9 Å². The molecule has 0 aromatic rings. The fraction of sp³-hybridized carbons (Fsp3) is 0.667. The Balaban J connectivity index is 4.46. The van der Waals surface area contributed by atoms with Crippen molar-refractivity contribution < 1.29 is 14.3 Å². The van der Waals surface area contributed by atoms with Gasteiger partial charge in [-0.15, -0.1) is 0 Å². The number of rotatable bonds is 4. The summed E-state index contributed by atoms with van der Waals surface area (Å²) in [6.45, 7) is 9.12. The van der Waals surface area contributed by atoms with E-state index in [9.17, 15) is 9.59 Å². The van der Waals surface area contributed by atoms with Crippen molar-refractivity contribution in [1.29, 1.82) is 0 Å². The van der Waals surface area contributed by atoms with Crippen molar-refractivity contribution in [3.05, 3.63) is 11.1 Å². The smallest absolute Gasteiger partial charge is 0.310 e. The summed E-state index contributed by atoms with van der Waals surface area (Å²) in [5.74, 6) is -0.277. The van der Waals surface area contributed by atoms with Gasteiger partial charge in [0.1, 0.15) is 11.9 Å². The molecule has 0 unspecified atom stereocenters. The van der Waals surface area contributed by atoms with E-state index in [0.29, 0.717) is 12.0 Å². The second kappa shape index (κ2) is 5.69. The third-order valence-electron chi connectivity index (χ3n) is 1.94. The Morgan fingerprint density at radius 2 is 1.87 bits per heavy atom. The molecule has 0 aliphatic carbocycles. The molecule has 0 aliphatic rings. The first-order valence-corrected chi connectivity index (χ1v) is 5.15. The van der Waals surface area contributed by atoms with Crippen LogP contribution in [0.1, 0.15) is 47.5 Å². The summed E-state index contributed by atoms with van der Waals surface area (Å²) in [7, 11) is 0. The molecular formula is C12H20O3. The van der Waals surface area contributed by atoms with Crippen LogP contribution < -0.4 is 0 Å². The van der Waals surface area contributed by atoms with E-state index in [1.165, 1.54) is 0 Å². The molecule has 0 fully saturated rings. The van der Waals surface area contributed by atoms with E-state index >= 15 is 0 Å². The number of allylic oxidation sites excluding steroid dienone is 1. The van der Waals surface area contributed by atoms with E-state index in [1.807, 2.05) is 27.7 Å². The lowest BCUT2D eigenvalue weighted by molar-refractivity contribution is -0.153. The van der Waals surface area contributed by atoms with Crippen molar-refractivity contribution in [2.75, 3.05) is 0 Å². The molecule has 0 amide bonds. The van der Waals surface area contributed by atoms with Gasteiger partial charge in [-0.05, 0) is 39.7 Å². The Labute approximate surface area is 91.5 Å². The van der Waals surface area contributed by atoms with Crippen molar-refractivity contribution >= 4 is 12.3 Å². The maximum absolute atomic E-state index is 11.5. The van der Waals surface area contributed by atoms with Crippen LogP contribution in [-0.2, 0) is 14.3 Å². The Morgan fingerprint density at radius 3 is 2.20 bits per heavy atom. The van der Waals surface area contributed by atoms with Crippen LogP contribution >= 0.6 is 0 Å². The third-order valence-corrected chi connectivity index (χ3v) is 1.94. The minimum Gasteiger partial charge on any atom is -0.460 e. The summed E-state index contributed by atoms with van der Waals surface area (Å²) in [5, 5.41) is 0. The maximum atomic E-state index is 11.5. The molecule has 0 rings (SSSR count). The molecule has 0 aromatic carbocycles. The minimum atomic E-state index is -0.467. The number of ether oxygens (including phenoxy) is 1. The maximum Gasteiger partial charge on any atom is 0.310 e.